The Morgan fingerprint density at radius 1 is 1.15 bits per heavy atom. The molecule has 20 heavy (non-hydrogen) atoms. The van der Waals surface area contributed by atoms with Gasteiger partial charge in [0.15, 0.2) is 0 Å². The number of pyridine rings is 1. The third kappa shape index (κ3) is 5.19. The molecule has 1 aliphatic rings. The average Bonchev–Trinajstić information content (AvgIpc) is 2.44. The van der Waals surface area contributed by atoms with Crippen molar-refractivity contribution in [3.05, 3.63) is 30.1 Å². The van der Waals surface area contributed by atoms with Crippen molar-refractivity contribution in [3.63, 3.8) is 0 Å². The first-order valence-electron chi connectivity index (χ1n) is 7.79. The predicted octanol–water partition coefficient (Wildman–Crippen LogP) is 2.99. The van der Waals surface area contributed by atoms with Crippen LogP contribution in [0.3, 0.4) is 0 Å². The molecule has 1 aromatic rings. The zero-order valence-corrected chi connectivity index (χ0v) is 12.2. The number of hydrogen-bond donors (Lipinski definition) is 1. The highest BCUT2D eigenvalue weighted by Crippen LogP contribution is 2.10. The number of amides is 2. The maximum atomic E-state index is 12.1. The monoisotopic (exact) mass is 275 g/mol. The Bertz CT molecular complexity index is 386. The van der Waals surface area contributed by atoms with Crippen LogP contribution in [0.1, 0.15) is 44.2 Å². The Kier molecular flexibility index (Phi) is 6.35. The second-order valence-corrected chi connectivity index (χ2v) is 5.41. The zero-order valence-electron chi connectivity index (χ0n) is 12.2. The summed E-state index contributed by atoms with van der Waals surface area (Å²) in [7, 11) is 0. The molecule has 0 unspecified atom stereocenters. The summed E-state index contributed by atoms with van der Waals surface area (Å²) in [6, 6.07) is 6.06. The molecule has 1 aromatic heterocycles. The molecule has 0 bridgehead atoms. The lowest BCUT2D eigenvalue weighted by molar-refractivity contribution is 0.192. The minimum absolute atomic E-state index is 0.105. The van der Waals surface area contributed by atoms with Crippen molar-refractivity contribution in [1.82, 2.24) is 15.2 Å². The first-order chi connectivity index (χ1) is 9.86. The van der Waals surface area contributed by atoms with E-state index in [4.69, 9.17) is 0 Å². The van der Waals surface area contributed by atoms with E-state index in [9.17, 15) is 4.79 Å². The summed E-state index contributed by atoms with van der Waals surface area (Å²) in [5.74, 6) is 0. The molecular formula is C16H25N3O. The number of rotatable bonds is 4. The number of aryl methyl sites for hydroxylation is 1. The first-order valence-corrected chi connectivity index (χ1v) is 7.79. The number of carbonyl (C=O) groups is 1. The summed E-state index contributed by atoms with van der Waals surface area (Å²) in [5.41, 5.74) is 1.09. The lowest BCUT2D eigenvalue weighted by atomic mass is 10.1. The molecule has 0 spiro atoms. The molecule has 0 aliphatic carbocycles. The summed E-state index contributed by atoms with van der Waals surface area (Å²) in [6.07, 6.45) is 9.78. The van der Waals surface area contributed by atoms with Crippen LogP contribution in [0.15, 0.2) is 24.4 Å². The van der Waals surface area contributed by atoms with Crippen molar-refractivity contribution < 1.29 is 4.79 Å². The second kappa shape index (κ2) is 8.56. The number of urea groups is 1. The van der Waals surface area contributed by atoms with Crippen molar-refractivity contribution in [2.75, 3.05) is 19.6 Å². The van der Waals surface area contributed by atoms with Gasteiger partial charge in [0.25, 0.3) is 0 Å². The summed E-state index contributed by atoms with van der Waals surface area (Å²) in [4.78, 5) is 18.3. The van der Waals surface area contributed by atoms with E-state index in [1.807, 2.05) is 29.3 Å². The molecule has 0 aromatic carbocycles. The van der Waals surface area contributed by atoms with Crippen molar-refractivity contribution >= 4 is 6.03 Å². The van der Waals surface area contributed by atoms with Gasteiger partial charge in [0.05, 0.1) is 0 Å². The van der Waals surface area contributed by atoms with Crippen LogP contribution in [0.5, 0.6) is 0 Å². The smallest absolute Gasteiger partial charge is 0.317 e. The van der Waals surface area contributed by atoms with E-state index in [0.717, 1.165) is 51.0 Å². The number of carbonyl (C=O) groups excluding carboxylic acids is 1. The fraction of sp³-hybridized carbons (Fsp3) is 0.625. The van der Waals surface area contributed by atoms with Crippen LogP contribution in [0.2, 0.25) is 0 Å². The molecule has 2 rings (SSSR count). The molecule has 1 N–H and O–H groups in total. The highest BCUT2D eigenvalue weighted by molar-refractivity contribution is 5.74. The SMILES string of the molecule is O=C(NCCCc1ccccn1)N1CCCCCCC1. The molecule has 110 valence electrons. The van der Waals surface area contributed by atoms with Crippen LogP contribution < -0.4 is 5.32 Å². The molecule has 4 nitrogen and oxygen atoms in total. The summed E-state index contributed by atoms with van der Waals surface area (Å²) in [6.45, 7) is 2.55. The lowest BCUT2D eigenvalue weighted by Crippen LogP contribution is -2.42. The Hall–Kier alpha value is -1.58. The molecule has 0 saturated carbocycles. The molecule has 2 heterocycles. The van der Waals surface area contributed by atoms with E-state index in [2.05, 4.69) is 10.3 Å². The Morgan fingerprint density at radius 3 is 2.60 bits per heavy atom. The van der Waals surface area contributed by atoms with Gasteiger partial charge in [0.1, 0.15) is 0 Å². The van der Waals surface area contributed by atoms with Crippen molar-refractivity contribution in [3.8, 4) is 0 Å². The topological polar surface area (TPSA) is 45.2 Å². The number of likely N-dealkylation sites (tertiary alicyclic amines) is 1. The first kappa shape index (κ1) is 14.8. The molecule has 1 aliphatic heterocycles. The lowest BCUT2D eigenvalue weighted by Gasteiger charge is -2.25. The Morgan fingerprint density at radius 2 is 1.90 bits per heavy atom. The van der Waals surface area contributed by atoms with Crippen molar-refractivity contribution in [1.29, 1.82) is 0 Å². The van der Waals surface area contributed by atoms with E-state index < -0.39 is 0 Å². The molecule has 0 radical (unpaired) electrons. The van der Waals surface area contributed by atoms with Crippen molar-refractivity contribution in [2.45, 2.75) is 44.9 Å². The van der Waals surface area contributed by atoms with Crippen LogP contribution in [0, 0.1) is 0 Å². The van der Waals surface area contributed by atoms with E-state index in [-0.39, 0.29) is 6.03 Å². The number of nitrogens with zero attached hydrogens (tertiary/aromatic N) is 2. The minimum atomic E-state index is 0.105. The minimum Gasteiger partial charge on any atom is -0.338 e. The molecule has 1 fully saturated rings. The van der Waals surface area contributed by atoms with Gasteiger partial charge in [-0.05, 0) is 37.8 Å². The number of aromatic nitrogens is 1. The molecule has 0 atom stereocenters. The average molecular weight is 275 g/mol. The van der Waals surface area contributed by atoms with Gasteiger partial charge in [-0.25, -0.2) is 4.79 Å². The Balaban J connectivity index is 1.64. The van der Waals surface area contributed by atoms with Crippen LogP contribution in [0.4, 0.5) is 4.79 Å². The number of hydrogen-bond acceptors (Lipinski definition) is 2. The molecular weight excluding hydrogens is 250 g/mol. The summed E-state index contributed by atoms with van der Waals surface area (Å²) < 4.78 is 0. The normalized spacial score (nSPS) is 16.3. The van der Waals surface area contributed by atoms with Gasteiger partial charge < -0.3 is 10.2 Å². The molecule has 4 heteroatoms. The van der Waals surface area contributed by atoms with Crippen LogP contribution in [-0.4, -0.2) is 35.5 Å². The van der Waals surface area contributed by atoms with E-state index in [1.54, 1.807) is 0 Å². The third-order valence-electron chi connectivity index (χ3n) is 3.76. The highest BCUT2D eigenvalue weighted by atomic mass is 16.2. The predicted molar refractivity (Wildman–Crippen MR) is 80.6 cm³/mol. The third-order valence-corrected chi connectivity index (χ3v) is 3.76. The number of nitrogens with one attached hydrogen (secondary N) is 1. The highest BCUT2D eigenvalue weighted by Gasteiger charge is 2.13. The maximum absolute atomic E-state index is 12.1. The van der Waals surface area contributed by atoms with E-state index >= 15 is 0 Å². The van der Waals surface area contributed by atoms with Gasteiger partial charge in [-0.1, -0.05) is 25.3 Å². The molecule has 2 amide bonds. The fourth-order valence-corrected chi connectivity index (χ4v) is 2.57. The van der Waals surface area contributed by atoms with E-state index in [1.165, 1.54) is 19.3 Å². The van der Waals surface area contributed by atoms with Gasteiger partial charge in [-0.15, -0.1) is 0 Å². The van der Waals surface area contributed by atoms with Crippen LogP contribution in [-0.2, 0) is 6.42 Å². The standard InChI is InChI=1S/C16H25N3O/c20-16(19-13-6-2-1-3-7-14-19)18-12-8-10-15-9-4-5-11-17-15/h4-5,9,11H,1-3,6-8,10,12-14H2,(H,18,20). The van der Waals surface area contributed by atoms with Gasteiger partial charge >= 0.3 is 6.03 Å². The van der Waals surface area contributed by atoms with Crippen LogP contribution >= 0.6 is 0 Å². The fourth-order valence-electron chi connectivity index (χ4n) is 2.57. The summed E-state index contributed by atoms with van der Waals surface area (Å²) in [5, 5.41) is 3.03. The summed E-state index contributed by atoms with van der Waals surface area (Å²) >= 11 is 0. The van der Waals surface area contributed by atoms with Gasteiger partial charge in [0, 0.05) is 31.5 Å². The zero-order chi connectivity index (χ0) is 14.0. The maximum Gasteiger partial charge on any atom is 0.317 e. The molecule has 1 saturated heterocycles. The Labute approximate surface area is 121 Å². The second-order valence-electron chi connectivity index (χ2n) is 5.41. The van der Waals surface area contributed by atoms with Gasteiger partial charge in [0.2, 0.25) is 0 Å². The quantitative estimate of drug-likeness (QED) is 0.859. The van der Waals surface area contributed by atoms with Crippen molar-refractivity contribution in [2.24, 2.45) is 0 Å². The van der Waals surface area contributed by atoms with Gasteiger partial charge in [-0.3, -0.25) is 4.98 Å². The van der Waals surface area contributed by atoms with E-state index in [0.29, 0.717) is 0 Å². The van der Waals surface area contributed by atoms with Crippen LogP contribution in [0.25, 0.3) is 0 Å². The largest absolute Gasteiger partial charge is 0.338 e. The van der Waals surface area contributed by atoms with Gasteiger partial charge in [-0.2, -0.15) is 0 Å².